The Balaban J connectivity index is 1.60. The van der Waals surface area contributed by atoms with Crippen molar-refractivity contribution < 1.29 is 4.39 Å². The average Bonchev–Trinajstić information content (AvgIpc) is 2.39. The summed E-state index contributed by atoms with van der Waals surface area (Å²) in [5.74, 6) is 0.467. The van der Waals surface area contributed by atoms with Crippen molar-refractivity contribution in [1.82, 2.24) is 0 Å². The number of halogens is 1. The minimum absolute atomic E-state index is 0.174. The van der Waals surface area contributed by atoms with E-state index >= 15 is 0 Å². The van der Waals surface area contributed by atoms with E-state index in [0.717, 1.165) is 24.1 Å². The van der Waals surface area contributed by atoms with Crippen LogP contribution in [0.1, 0.15) is 35.4 Å². The topological polar surface area (TPSA) is 12.0 Å². The fraction of sp³-hybridized carbons (Fsp3) is 0.333. The van der Waals surface area contributed by atoms with Gasteiger partial charge < -0.3 is 5.32 Å². The summed E-state index contributed by atoms with van der Waals surface area (Å²) in [7, 11) is 0. The molecular formula is C18H20FN. The second kappa shape index (κ2) is 5.28. The van der Waals surface area contributed by atoms with E-state index in [1.165, 1.54) is 17.2 Å². The number of benzene rings is 2. The molecule has 0 aliphatic heterocycles. The molecule has 0 saturated heterocycles. The summed E-state index contributed by atoms with van der Waals surface area (Å²) in [6, 6.07) is 14.2. The van der Waals surface area contributed by atoms with Crippen LogP contribution in [0.2, 0.25) is 0 Å². The fourth-order valence-corrected chi connectivity index (χ4v) is 2.82. The maximum absolute atomic E-state index is 13.3. The van der Waals surface area contributed by atoms with E-state index in [2.05, 4.69) is 36.5 Å². The van der Waals surface area contributed by atoms with E-state index in [0.29, 0.717) is 12.0 Å². The van der Waals surface area contributed by atoms with Crippen LogP contribution in [-0.2, 0) is 0 Å². The van der Waals surface area contributed by atoms with Crippen LogP contribution in [0.15, 0.2) is 42.5 Å². The third-order valence-corrected chi connectivity index (χ3v) is 4.25. The highest BCUT2D eigenvalue weighted by Gasteiger charge is 2.30. The molecule has 0 amide bonds. The molecule has 0 radical (unpaired) electrons. The smallest absolute Gasteiger partial charge is 0.125 e. The molecule has 0 spiro atoms. The second-order valence-electron chi connectivity index (χ2n) is 5.88. The molecular weight excluding hydrogens is 249 g/mol. The Labute approximate surface area is 119 Å². The minimum Gasteiger partial charge on any atom is -0.382 e. The molecule has 0 unspecified atom stereocenters. The molecule has 1 aliphatic rings. The van der Waals surface area contributed by atoms with Gasteiger partial charge >= 0.3 is 0 Å². The molecule has 1 N–H and O–H groups in total. The summed E-state index contributed by atoms with van der Waals surface area (Å²) in [6.45, 7) is 4.12. The van der Waals surface area contributed by atoms with Crippen molar-refractivity contribution in [3.8, 4) is 0 Å². The Morgan fingerprint density at radius 2 is 1.70 bits per heavy atom. The predicted molar refractivity (Wildman–Crippen MR) is 81.7 cm³/mol. The number of hydrogen-bond acceptors (Lipinski definition) is 1. The molecule has 1 fully saturated rings. The Hall–Kier alpha value is -1.83. The SMILES string of the molecule is Cc1ccc(C2CC(Nc3cc(F)ccc3C)C2)cc1. The van der Waals surface area contributed by atoms with Crippen molar-refractivity contribution in [1.29, 1.82) is 0 Å². The van der Waals surface area contributed by atoms with Gasteiger partial charge in [-0.15, -0.1) is 0 Å². The highest BCUT2D eigenvalue weighted by atomic mass is 19.1. The first-order valence-electron chi connectivity index (χ1n) is 7.21. The summed E-state index contributed by atoms with van der Waals surface area (Å²) >= 11 is 0. The third kappa shape index (κ3) is 2.69. The van der Waals surface area contributed by atoms with Crippen molar-refractivity contribution >= 4 is 5.69 Å². The molecule has 1 saturated carbocycles. The largest absolute Gasteiger partial charge is 0.382 e. The molecule has 20 heavy (non-hydrogen) atoms. The highest BCUT2D eigenvalue weighted by Crippen LogP contribution is 2.38. The van der Waals surface area contributed by atoms with E-state index in [4.69, 9.17) is 0 Å². The van der Waals surface area contributed by atoms with Gasteiger partial charge in [-0.1, -0.05) is 35.9 Å². The average molecular weight is 269 g/mol. The number of rotatable bonds is 3. The number of aryl methyl sites for hydroxylation is 2. The van der Waals surface area contributed by atoms with Crippen molar-refractivity contribution in [2.75, 3.05) is 5.32 Å². The van der Waals surface area contributed by atoms with Crippen LogP contribution < -0.4 is 5.32 Å². The molecule has 2 heteroatoms. The van der Waals surface area contributed by atoms with Crippen molar-refractivity contribution in [3.05, 3.63) is 65.0 Å². The van der Waals surface area contributed by atoms with Gasteiger partial charge in [0.05, 0.1) is 0 Å². The van der Waals surface area contributed by atoms with Crippen LogP contribution in [0.3, 0.4) is 0 Å². The zero-order chi connectivity index (χ0) is 14.1. The first-order chi connectivity index (χ1) is 9.61. The maximum Gasteiger partial charge on any atom is 0.125 e. The Kier molecular flexibility index (Phi) is 3.47. The molecule has 2 aromatic carbocycles. The minimum atomic E-state index is -0.174. The first kappa shape index (κ1) is 13.2. The van der Waals surface area contributed by atoms with E-state index in [1.807, 2.05) is 13.0 Å². The van der Waals surface area contributed by atoms with E-state index < -0.39 is 0 Å². The van der Waals surface area contributed by atoms with Gasteiger partial charge in [-0.05, 0) is 55.9 Å². The molecule has 3 rings (SSSR count). The zero-order valence-corrected chi connectivity index (χ0v) is 12.0. The predicted octanol–water partition coefficient (Wildman–Crippen LogP) is 4.80. The van der Waals surface area contributed by atoms with Crippen LogP contribution in [0.4, 0.5) is 10.1 Å². The Morgan fingerprint density at radius 3 is 2.40 bits per heavy atom. The molecule has 0 aromatic heterocycles. The van der Waals surface area contributed by atoms with Gasteiger partial charge in [0.2, 0.25) is 0 Å². The highest BCUT2D eigenvalue weighted by molar-refractivity contribution is 5.52. The van der Waals surface area contributed by atoms with Crippen LogP contribution in [0, 0.1) is 19.7 Å². The lowest BCUT2D eigenvalue weighted by Crippen LogP contribution is -2.34. The zero-order valence-electron chi connectivity index (χ0n) is 12.0. The van der Waals surface area contributed by atoms with Gasteiger partial charge in [0.25, 0.3) is 0 Å². The lowest BCUT2D eigenvalue weighted by Gasteiger charge is -2.37. The van der Waals surface area contributed by atoms with E-state index in [-0.39, 0.29) is 5.82 Å². The first-order valence-corrected chi connectivity index (χ1v) is 7.21. The van der Waals surface area contributed by atoms with Crippen molar-refractivity contribution in [3.63, 3.8) is 0 Å². The van der Waals surface area contributed by atoms with Crippen LogP contribution >= 0.6 is 0 Å². The summed E-state index contributed by atoms with van der Waals surface area (Å²) in [5, 5.41) is 3.46. The van der Waals surface area contributed by atoms with E-state index in [1.54, 1.807) is 6.07 Å². The van der Waals surface area contributed by atoms with Crippen LogP contribution in [-0.4, -0.2) is 6.04 Å². The molecule has 104 valence electrons. The Morgan fingerprint density at radius 1 is 1.00 bits per heavy atom. The molecule has 0 atom stereocenters. The lowest BCUT2D eigenvalue weighted by molar-refractivity contribution is 0.374. The number of hydrogen-bond donors (Lipinski definition) is 1. The van der Waals surface area contributed by atoms with Crippen molar-refractivity contribution in [2.45, 2.75) is 38.6 Å². The van der Waals surface area contributed by atoms with Crippen LogP contribution in [0.25, 0.3) is 0 Å². The molecule has 0 bridgehead atoms. The normalized spacial score (nSPS) is 21.4. The van der Waals surface area contributed by atoms with E-state index in [9.17, 15) is 4.39 Å². The molecule has 1 nitrogen and oxygen atoms in total. The third-order valence-electron chi connectivity index (χ3n) is 4.25. The monoisotopic (exact) mass is 269 g/mol. The molecule has 2 aromatic rings. The fourth-order valence-electron chi connectivity index (χ4n) is 2.82. The Bertz CT molecular complexity index is 597. The number of nitrogens with one attached hydrogen (secondary N) is 1. The molecule has 0 heterocycles. The van der Waals surface area contributed by atoms with Gasteiger partial charge in [0.1, 0.15) is 5.82 Å². The van der Waals surface area contributed by atoms with Gasteiger partial charge in [-0.3, -0.25) is 0 Å². The quantitative estimate of drug-likeness (QED) is 0.844. The van der Waals surface area contributed by atoms with Gasteiger partial charge in [0.15, 0.2) is 0 Å². The maximum atomic E-state index is 13.3. The lowest BCUT2D eigenvalue weighted by atomic mass is 9.75. The number of anilines is 1. The van der Waals surface area contributed by atoms with Crippen molar-refractivity contribution in [2.24, 2.45) is 0 Å². The summed E-state index contributed by atoms with van der Waals surface area (Å²) < 4.78 is 13.3. The summed E-state index contributed by atoms with van der Waals surface area (Å²) in [4.78, 5) is 0. The molecule has 1 aliphatic carbocycles. The summed E-state index contributed by atoms with van der Waals surface area (Å²) in [5.41, 5.74) is 4.75. The van der Waals surface area contributed by atoms with Crippen LogP contribution in [0.5, 0.6) is 0 Å². The second-order valence-corrected chi connectivity index (χ2v) is 5.88. The van der Waals surface area contributed by atoms with Gasteiger partial charge in [-0.25, -0.2) is 4.39 Å². The van der Waals surface area contributed by atoms with Gasteiger partial charge in [0, 0.05) is 11.7 Å². The summed E-state index contributed by atoms with van der Waals surface area (Å²) in [6.07, 6.45) is 2.25. The van der Waals surface area contributed by atoms with Gasteiger partial charge in [-0.2, -0.15) is 0 Å². The standard InChI is InChI=1S/C18H20FN/c1-12-3-6-14(7-4-12)15-9-17(10-15)20-18-11-16(19)8-5-13(18)2/h3-8,11,15,17,20H,9-10H2,1-2H3.